The van der Waals surface area contributed by atoms with Crippen LogP contribution in [0.4, 0.5) is 4.39 Å². The van der Waals surface area contributed by atoms with Gasteiger partial charge in [0.15, 0.2) is 18.6 Å². The molecular formula is C12H13FO5. The van der Waals surface area contributed by atoms with E-state index in [1.165, 1.54) is 12.1 Å². The third-order valence-electron chi connectivity index (χ3n) is 2.70. The summed E-state index contributed by atoms with van der Waals surface area (Å²) in [5.41, 5.74) is 0.254. The van der Waals surface area contributed by atoms with Gasteiger partial charge in [-0.2, -0.15) is 0 Å². The van der Waals surface area contributed by atoms with E-state index in [2.05, 4.69) is 0 Å². The van der Waals surface area contributed by atoms with Gasteiger partial charge in [0.05, 0.1) is 12.2 Å². The predicted molar refractivity (Wildman–Crippen MR) is 58.5 cm³/mol. The SMILES string of the molecule is O=C(OC1C(O)OC(CO)C1F)c1ccccc1. The summed E-state index contributed by atoms with van der Waals surface area (Å²) in [6.07, 6.45) is -5.91. The monoisotopic (exact) mass is 256 g/mol. The van der Waals surface area contributed by atoms with Crippen LogP contribution in [0.25, 0.3) is 0 Å². The number of ether oxygens (including phenoxy) is 2. The number of carbonyl (C=O) groups is 1. The molecule has 0 amide bonds. The van der Waals surface area contributed by atoms with Crippen LogP contribution in [-0.4, -0.2) is 47.5 Å². The van der Waals surface area contributed by atoms with E-state index in [0.717, 1.165) is 0 Å². The lowest BCUT2D eigenvalue weighted by molar-refractivity contribution is -0.135. The van der Waals surface area contributed by atoms with Crippen molar-refractivity contribution in [2.24, 2.45) is 0 Å². The number of carbonyl (C=O) groups excluding carboxylic acids is 1. The summed E-state index contributed by atoms with van der Waals surface area (Å²) in [5, 5.41) is 18.2. The Balaban J connectivity index is 2.04. The molecule has 4 unspecified atom stereocenters. The van der Waals surface area contributed by atoms with Gasteiger partial charge in [0.1, 0.15) is 6.10 Å². The van der Waals surface area contributed by atoms with Crippen LogP contribution < -0.4 is 0 Å². The molecule has 0 spiro atoms. The van der Waals surface area contributed by atoms with Gasteiger partial charge in [0, 0.05) is 0 Å². The molecule has 0 bridgehead atoms. The van der Waals surface area contributed by atoms with Crippen LogP contribution in [-0.2, 0) is 9.47 Å². The fourth-order valence-corrected chi connectivity index (χ4v) is 1.73. The van der Waals surface area contributed by atoms with Gasteiger partial charge < -0.3 is 19.7 Å². The highest BCUT2D eigenvalue weighted by Crippen LogP contribution is 2.25. The van der Waals surface area contributed by atoms with Crippen molar-refractivity contribution in [3.63, 3.8) is 0 Å². The number of aliphatic hydroxyl groups is 2. The van der Waals surface area contributed by atoms with Gasteiger partial charge in [-0.25, -0.2) is 9.18 Å². The number of benzene rings is 1. The molecule has 0 aromatic heterocycles. The summed E-state index contributed by atoms with van der Waals surface area (Å²) in [6, 6.07) is 8.04. The van der Waals surface area contributed by atoms with Crippen molar-refractivity contribution in [1.29, 1.82) is 0 Å². The van der Waals surface area contributed by atoms with Crippen LogP contribution in [0.15, 0.2) is 30.3 Å². The lowest BCUT2D eigenvalue weighted by atomic mass is 10.1. The molecule has 0 radical (unpaired) electrons. The molecule has 18 heavy (non-hydrogen) atoms. The first-order chi connectivity index (χ1) is 8.63. The maximum atomic E-state index is 13.7. The summed E-state index contributed by atoms with van der Waals surface area (Å²) in [5.74, 6) is -0.746. The molecule has 2 N–H and O–H groups in total. The second kappa shape index (κ2) is 5.43. The predicted octanol–water partition coefficient (Wildman–Crippen LogP) is 0.260. The van der Waals surface area contributed by atoms with Gasteiger partial charge in [0.2, 0.25) is 0 Å². The third kappa shape index (κ3) is 2.50. The molecular weight excluding hydrogens is 243 g/mol. The summed E-state index contributed by atoms with van der Waals surface area (Å²) in [6.45, 7) is -0.586. The molecule has 1 aliphatic heterocycles. The molecule has 1 aliphatic rings. The maximum Gasteiger partial charge on any atom is 0.338 e. The molecule has 1 saturated heterocycles. The van der Waals surface area contributed by atoms with E-state index >= 15 is 0 Å². The van der Waals surface area contributed by atoms with Gasteiger partial charge in [-0.15, -0.1) is 0 Å². The number of alkyl halides is 1. The Bertz CT molecular complexity index is 410. The molecule has 4 atom stereocenters. The number of halogens is 1. The van der Waals surface area contributed by atoms with E-state index in [0.29, 0.717) is 0 Å². The third-order valence-corrected chi connectivity index (χ3v) is 2.70. The zero-order valence-corrected chi connectivity index (χ0v) is 9.40. The average molecular weight is 256 g/mol. The van der Waals surface area contributed by atoms with Crippen molar-refractivity contribution in [3.8, 4) is 0 Å². The molecule has 1 fully saturated rings. The number of rotatable bonds is 3. The topological polar surface area (TPSA) is 76.0 Å². The normalized spacial score (nSPS) is 31.3. The van der Waals surface area contributed by atoms with Crippen LogP contribution >= 0.6 is 0 Å². The van der Waals surface area contributed by atoms with Gasteiger partial charge >= 0.3 is 5.97 Å². The highest BCUT2D eigenvalue weighted by atomic mass is 19.1. The second-order valence-electron chi connectivity index (χ2n) is 3.93. The van der Waals surface area contributed by atoms with Gasteiger partial charge in [-0.1, -0.05) is 18.2 Å². The minimum Gasteiger partial charge on any atom is -0.450 e. The second-order valence-corrected chi connectivity index (χ2v) is 3.93. The molecule has 6 heteroatoms. The van der Waals surface area contributed by atoms with Crippen LogP contribution in [0.1, 0.15) is 10.4 Å². The van der Waals surface area contributed by atoms with E-state index in [1.54, 1.807) is 18.2 Å². The van der Waals surface area contributed by atoms with E-state index in [-0.39, 0.29) is 5.56 Å². The zero-order valence-electron chi connectivity index (χ0n) is 9.40. The number of aliphatic hydroxyl groups excluding tert-OH is 2. The standard InChI is InChI=1S/C12H13FO5/c13-9-8(6-14)17-12(16)10(9)18-11(15)7-4-2-1-3-5-7/h1-5,8-10,12,14,16H,6H2. The van der Waals surface area contributed by atoms with Crippen molar-refractivity contribution < 1.29 is 28.9 Å². The molecule has 1 aromatic carbocycles. The molecule has 2 rings (SSSR count). The molecule has 0 aliphatic carbocycles. The highest BCUT2D eigenvalue weighted by Gasteiger charge is 2.46. The van der Waals surface area contributed by atoms with Crippen molar-refractivity contribution >= 4 is 5.97 Å². The first-order valence-electron chi connectivity index (χ1n) is 5.48. The molecule has 0 saturated carbocycles. The lowest BCUT2D eigenvalue weighted by Gasteiger charge is -2.16. The van der Waals surface area contributed by atoms with E-state index in [4.69, 9.17) is 14.6 Å². The summed E-state index contributed by atoms with van der Waals surface area (Å²) in [4.78, 5) is 11.7. The quantitative estimate of drug-likeness (QED) is 0.759. The highest BCUT2D eigenvalue weighted by molar-refractivity contribution is 5.89. The number of esters is 1. The minimum absolute atomic E-state index is 0.254. The Labute approximate surface area is 103 Å². The summed E-state index contributed by atoms with van der Waals surface area (Å²) < 4.78 is 23.2. The largest absolute Gasteiger partial charge is 0.450 e. The molecule has 5 nitrogen and oxygen atoms in total. The Morgan fingerprint density at radius 1 is 1.39 bits per heavy atom. The Morgan fingerprint density at radius 2 is 2.06 bits per heavy atom. The zero-order chi connectivity index (χ0) is 13.1. The van der Waals surface area contributed by atoms with E-state index in [9.17, 15) is 14.3 Å². The summed E-state index contributed by atoms with van der Waals surface area (Å²) >= 11 is 0. The lowest BCUT2D eigenvalue weighted by Crippen LogP contribution is -2.35. The van der Waals surface area contributed by atoms with Crippen molar-refractivity contribution in [2.75, 3.05) is 6.61 Å². The first kappa shape index (κ1) is 12.9. The van der Waals surface area contributed by atoms with Crippen molar-refractivity contribution in [1.82, 2.24) is 0 Å². The number of hydrogen-bond acceptors (Lipinski definition) is 5. The fourth-order valence-electron chi connectivity index (χ4n) is 1.73. The van der Waals surface area contributed by atoms with Gasteiger partial charge in [0.25, 0.3) is 0 Å². The molecule has 1 aromatic rings. The van der Waals surface area contributed by atoms with E-state index in [1.807, 2.05) is 0 Å². The molecule has 98 valence electrons. The van der Waals surface area contributed by atoms with Gasteiger partial charge in [-0.05, 0) is 12.1 Å². The Kier molecular flexibility index (Phi) is 3.90. The smallest absolute Gasteiger partial charge is 0.338 e. The maximum absolute atomic E-state index is 13.7. The van der Waals surface area contributed by atoms with E-state index < -0.39 is 37.2 Å². The fraction of sp³-hybridized carbons (Fsp3) is 0.417. The van der Waals surface area contributed by atoms with Crippen LogP contribution in [0.3, 0.4) is 0 Å². The van der Waals surface area contributed by atoms with Crippen molar-refractivity contribution in [2.45, 2.75) is 24.7 Å². The Morgan fingerprint density at radius 3 is 2.61 bits per heavy atom. The van der Waals surface area contributed by atoms with Crippen molar-refractivity contribution in [3.05, 3.63) is 35.9 Å². The van der Waals surface area contributed by atoms with Gasteiger partial charge in [-0.3, -0.25) is 0 Å². The minimum atomic E-state index is -1.75. The average Bonchev–Trinajstić information content (AvgIpc) is 2.67. The van der Waals surface area contributed by atoms with Crippen LogP contribution in [0.5, 0.6) is 0 Å². The first-order valence-corrected chi connectivity index (χ1v) is 5.48. The molecule has 1 heterocycles. The van der Waals surface area contributed by atoms with Crippen LogP contribution in [0, 0.1) is 0 Å². The Hall–Kier alpha value is -1.50. The van der Waals surface area contributed by atoms with Crippen LogP contribution in [0.2, 0.25) is 0 Å². The summed E-state index contributed by atoms with van der Waals surface area (Å²) in [7, 11) is 0. The number of hydrogen-bond donors (Lipinski definition) is 2.